The van der Waals surface area contributed by atoms with Crippen molar-refractivity contribution in [3.8, 4) is 0 Å². The zero-order valence-electron chi connectivity index (χ0n) is 14.0. The van der Waals surface area contributed by atoms with Crippen molar-refractivity contribution in [1.29, 1.82) is 0 Å². The number of amides is 1. The first-order valence-corrected chi connectivity index (χ1v) is 7.95. The lowest BCUT2D eigenvalue weighted by Crippen LogP contribution is -2.45. The molecule has 2 atom stereocenters. The Morgan fingerprint density at radius 1 is 1.10 bits per heavy atom. The number of carbonyl (C=O) groups is 1. The van der Waals surface area contributed by atoms with Crippen molar-refractivity contribution >= 4 is 5.91 Å². The van der Waals surface area contributed by atoms with Crippen LogP contribution in [0.25, 0.3) is 0 Å². The third-order valence-electron chi connectivity index (χ3n) is 3.89. The van der Waals surface area contributed by atoms with Crippen molar-refractivity contribution < 1.29 is 4.79 Å². The summed E-state index contributed by atoms with van der Waals surface area (Å²) in [5.41, 5.74) is 1.33. The predicted molar refractivity (Wildman–Crippen MR) is 89.3 cm³/mol. The van der Waals surface area contributed by atoms with E-state index in [0.717, 1.165) is 13.0 Å². The van der Waals surface area contributed by atoms with Gasteiger partial charge in [-0.15, -0.1) is 0 Å². The highest BCUT2D eigenvalue weighted by Gasteiger charge is 2.22. The minimum Gasteiger partial charge on any atom is -0.358 e. The average molecular weight is 290 g/mol. The lowest BCUT2D eigenvalue weighted by Gasteiger charge is -2.26. The van der Waals surface area contributed by atoms with Gasteiger partial charge in [0.25, 0.3) is 0 Å². The van der Waals surface area contributed by atoms with Gasteiger partial charge in [0.1, 0.15) is 0 Å². The first kappa shape index (κ1) is 17.7. The quantitative estimate of drug-likeness (QED) is 0.772. The minimum absolute atomic E-state index is 0.0827. The van der Waals surface area contributed by atoms with Gasteiger partial charge >= 0.3 is 0 Å². The Morgan fingerprint density at radius 3 is 2.19 bits per heavy atom. The molecule has 0 spiro atoms. The van der Waals surface area contributed by atoms with E-state index in [1.54, 1.807) is 7.05 Å². The Labute approximate surface area is 129 Å². The topological polar surface area (TPSA) is 41.1 Å². The summed E-state index contributed by atoms with van der Waals surface area (Å²) in [5.74, 6) is 1.53. The van der Waals surface area contributed by atoms with E-state index in [0.29, 0.717) is 17.8 Å². The Kier molecular flexibility index (Phi) is 7.44. The second-order valence-corrected chi connectivity index (χ2v) is 6.47. The lowest BCUT2D eigenvalue weighted by atomic mass is 9.88. The van der Waals surface area contributed by atoms with Gasteiger partial charge in [-0.2, -0.15) is 0 Å². The van der Waals surface area contributed by atoms with E-state index >= 15 is 0 Å². The van der Waals surface area contributed by atoms with Crippen molar-refractivity contribution in [3.63, 3.8) is 0 Å². The molecule has 0 aromatic heterocycles. The van der Waals surface area contributed by atoms with Crippen molar-refractivity contribution in [3.05, 3.63) is 35.9 Å². The number of carbonyl (C=O) groups excluding carboxylic acids is 1. The van der Waals surface area contributed by atoms with Crippen LogP contribution in [-0.2, 0) is 4.79 Å². The van der Waals surface area contributed by atoms with E-state index in [1.165, 1.54) is 5.56 Å². The molecule has 0 heterocycles. The van der Waals surface area contributed by atoms with Crippen LogP contribution in [0.5, 0.6) is 0 Å². The molecule has 1 aromatic rings. The molecule has 0 saturated carbocycles. The fourth-order valence-electron chi connectivity index (χ4n) is 2.64. The monoisotopic (exact) mass is 290 g/mol. The van der Waals surface area contributed by atoms with Gasteiger partial charge in [-0.25, -0.2) is 0 Å². The largest absolute Gasteiger partial charge is 0.358 e. The highest BCUT2D eigenvalue weighted by atomic mass is 16.2. The van der Waals surface area contributed by atoms with Crippen LogP contribution in [0.4, 0.5) is 0 Å². The highest BCUT2D eigenvalue weighted by Crippen LogP contribution is 2.23. The molecule has 3 heteroatoms. The summed E-state index contributed by atoms with van der Waals surface area (Å²) in [6, 6.07) is 10.4. The standard InChI is InChI=1S/C18H30N2O/c1-13(2)11-17(18(21)19-5)20-12-16(14(3)4)15-9-7-6-8-10-15/h6-10,13-14,16-17,20H,11-12H2,1-5H3,(H,19,21). The molecular weight excluding hydrogens is 260 g/mol. The van der Waals surface area contributed by atoms with Crippen LogP contribution in [0, 0.1) is 11.8 Å². The Bertz CT molecular complexity index is 414. The summed E-state index contributed by atoms with van der Waals surface area (Å²) in [6.45, 7) is 9.59. The number of likely N-dealkylation sites (N-methyl/N-ethyl adjacent to an activating group) is 1. The van der Waals surface area contributed by atoms with Gasteiger partial charge in [-0.3, -0.25) is 4.79 Å². The molecule has 1 aromatic carbocycles. The Morgan fingerprint density at radius 2 is 1.71 bits per heavy atom. The minimum atomic E-state index is -0.111. The highest BCUT2D eigenvalue weighted by molar-refractivity contribution is 5.81. The molecule has 21 heavy (non-hydrogen) atoms. The molecular formula is C18H30N2O. The average Bonchev–Trinajstić information content (AvgIpc) is 2.45. The van der Waals surface area contributed by atoms with Gasteiger partial charge in [0.05, 0.1) is 6.04 Å². The number of hydrogen-bond donors (Lipinski definition) is 2. The third kappa shape index (κ3) is 5.88. The van der Waals surface area contributed by atoms with Crippen molar-refractivity contribution in [2.75, 3.05) is 13.6 Å². The summed E-state index contributed by atoms with van der Waals surface area (Å²) in [5, 5.41) is 6.23. The van der Waals surface area contributed by atoms with Crippen LogP contribution < -0.4 is 10.6 Å². The maximum Gasteiger partial charge on any atom is 0.236 e. The molecule has 0 aliphatic rings. The summed E-state index contributed by atoms with van der Waals surface area (Å²) in [4.78, 5) is 12.0. The SMILES string of the molecule is CNC(=O)C(CC(C)C)NCC(c1ccccc1)C(C)C. The van der Waals surface area contributed by atoms with Crippen LogP contribution in [0.1, 0.15) is 45.6 Å². The zero-order chi connectivity index (χ0) is 15.8. The van der Waals surface area contributed by atoms with Crippen LogP contribution in [0.3, 0.4) is 0 Å². The molecule has 0 radical (unpaired) electrons. The van der Waals surface area contributed by atoms with E-state index in [4.69, 9.17) is 0 Å². The van der Waals surface area contributed by atoms with Gasteiger partial charge in [0.2, 0.25) is 5.91 Å². The van der Waals surface area contributed by atoms with Crippen LogP contribution in [0.2, 0.25) is 0 Å². The van der Waals surface area contributed by atoms with E-state index in [-0.39, 0.29) is 11.9 Å². The van der Waals surface area contributed by atoms with Gasteiger partial charge in [-0.05, 0) is 29.7 Å². The maximum atomic E-state index is 12.0. The van der Waals surface area contributed by atoms with Crippen molar-refractivity contribution in [1.82, 2.24) is 10.6 Å². The van der Waals surface area contributed by atoms with Crippen molar-refractivity contribution in [2.24, 2.45) is 11.8 Å². The molecule has 1 amide bonds. The van der Waals surface area contributed by atoms with Crippen LogP contribution >= 0.6 is 0 Å². The Hall–Kier alpha value is -1.35. The number of hydrogen-bond acceptors (Lipinski definition) is 2. The second kappa shape index (κ2) is 8.83. The normalized spacial score (nSPS) is 14.2. The van der Waals surface area contributed by atoms with Gasteiger partial charge < -0.3 is 10.6 Å². The van der Waals surface area contributed by atoms with Gasteiger partial charge in [-0.1, -0.05) is 58.0 Å². The van der Waals surface area contributed by atoms with Crippen LogP contribution in [-0.4, -0.2) is 25.5 Å². The first-order valence-electron chi connectivity index (χ1n) is 7.95. The van der Waals surface area contributed by atoms with E-state index in [2.05, 4.69) is 62.6 Å². The molecule has 0 bridgehead atoms. The fourth-order valence-corrected chi connectivity index (χ4v) is 2.64. The number of nitrogens with one attached hydrogen (secondary N) is 2. The van der Waals surface area contributed by atoms with E-state index < -0.39 is 0 Å². The number of benzene rings is 1. The summed E-state index contributed by atoms with van der Waals surface area (Å²) < 4.78 is 0. The molecule has 3 nitrogen and oxygen atoms in total. The molecule has 0 aliphatic heterocycles. The summed E-state index contributed by atoms with van der Waals surface area (Å²) in [7, 11) is 1.70. The molecule has 1 rings (SSSR count). The number of rotatable bonds is 8. The van der Waals surface area contributed by atoms with Gasteiger partial charge in [0.15, 0.2) is 0 Å². The molecule has 118 valence electrons. The van der Waals surface area contributed by atoms with Crippen molar-refractivity contribution in [2.45, 2.75) is 46.1 Å². The predicted octanol–water partition coefficient (Wildman–Crippen LogP) is 3.18. The molecule has 2 N–H and O–H groups in total. The summed E-state index contributed by atoms with van der Waals surface area (Å²) >= 11 is 0. The molecule has 2 unspecified atom stereocenters. The molecule has 0 saturated heterocycles. The maximum absolute atomic E-state index is 12.0. The zero-order valence-corrected chi connectivity index (χ0v) is 14.0. The smallest absolute Gasteiger partial charge is 0.236 e. The molecule has 0 aliphatic carbocycles. The third-order valence-corrected chi connectivity index (χ3v) is 3.89. The second-order valence-electron chi connectivity index (χ2n) is 6.47. The molecule has 0 fully saturated rings. The van der Waals surface area contributed by atoms with Crippen LogP contribution in [0.15, 0.2) is 30.3 Å². The van der Waals surface area contributed by atoms with E-state index in [9.17, 15) is 4.79 Å². The fraction of sp³-hybridized carbons (Fsp3) is 0.611. The lowest BCUT2D eigenvalue weighted by molar-refractivity contribution is -0.123. The first-order chi connectivity index (χ1) is 9.95. The summed E-state index contributed by atoms with van der Waals surface area (Å²) in [6.07, 6.45) is 0.860. The van der Waals surface area contributed by atoms with Gasteiger partial charge in [0, 0.05) is 13.6 Å². The van der Waals surface area contributed by atoms with E-state index in [1.807, 2.05) is 6.07 Å². The Balaban J connectivity index is 2.72.